The first kappa shape index (κ1) is 23.5. The summed E-state index contributed by atoms with van der Waals surface area (Å²) in [5.41, 5.74) is 5.01. The number of hydrogen-bond acceptors (Lipinski definition) is 7. The maximum atomic E-state index is 13.0. The number of benzene rings is 1. The van der Waals surface area contributed by atoms with Crippen LogP contribution in [-0.4, -0.2) is 86.4 Å². The molecule has 1 N–H and O–H groups in total. The SMILES string of the molecule is CN1CCN(C(=O)C2CCN(c3ccc(Nc4ncc5ccc(-c6cnn(C)c6)n5n4)cc3)CC2)CC1. The first-order valence-electron chi connectivity index (χ1n) is 13.0. The number of nitrogens with zero attached hydrogens (tertiary/aromatic N) is 8. The highest BCUT2D eigenvalue weighted by Crippen LogP contribution is 2.27. The first-order chi connectivity index (χ1) is 18.0. The summed E-state index contributed by atoms with van der Waals surface area (Å²) in [4.78, 5) is 24.2. The van der Waals surface area contributed by atoms with Crippen molar-refractivity contribution >= 4 is 28.7 Å². The number of rotatable bonds is 5. The lowest BCUT2D eigenvalue weighted by molar-refractivity contribution is -0.137. The van der Waals surface area contributed by atoms with E-state index in [2.05, 4.69) is 61.4 Å². The van der Waals surface area contributed by atoms with Crippen LogP contribution in [0.1, 0.15) is 12.8 Å². The van der Waals surface area contributed by atoms with Crippen molar-refractivity contribution in [2.45, 2.75) is 12.8 Å². The Balaban J connectivity index is 1.08. The zero-order valence-corrected chi connectivity index (χ0v) is 21.4. The topological polar surface area (TPSA) is 86.8 Å². The zero-order chi connectivity index (χ0) is 25.4. The predicted molar refractivity (Wildman–Crippen MR) is 144 cm³/mol. The standard InChI is InChI=1S/C27H33N9O/c1-32-13-15-35(16-14-32)26(37)20-9-11-34(12-10-20)23-5-3-22(4-6-23)30-27-28-18-24-7-8-25(36(24)31-27)21-17-29-33(2)19-21/h3-8,17-20H,9-16H2,1-2H3,(H,30,31). The van der Waals surface area contributed by atoms with E-state index in [1.54, 1.807) is 4.68 Å². The molecule has 2 aliphatic heterocycles. The molecule has 0 spiro atoms. The van der Waals surface area contributed by atoms with E-state index in [1.165, 1.54) is 5.69 Å². The quantitative estimate of drug-likeness (QED) is 0.452. The molecule has 2 fully saturated rings. The predicted octanol–water partition coefficient (Wildman–Crippen LogP) is 2.86. The van der Waals surface area contributed by atoms with E-state index in [9.17, 15) is 4.79 Å². The molecule has 1 aromatic carbocycles. The molecule has 0 radical (unpaired) electrons. The van der Waals surface area contributed by atoms with Gasteiger partial charge in [-0.3, -0.25) is 9.48 Å². The first-order valence-corrected chi connectivity index (χ1v) is 13.0. The highest BCUT2D eigenvalue weighted by molar-refractivity contribution is 5.79. The molecule has 6 rings (SSSR count). The highest BCUT2D eigenvalue weighted by atomic mass is 16.2. The fourth-order valence-electron chi connectivity index (χ4n) is 5.29. The molecule has 0 aliphatic carbocycles. The number of piperidine rings is 1. The third-order valence-corrected chi connectivity index (χ3v) is 7.55. The van der Waals surface area contributed by atoms with Gasteiger partial charge < -0.3 is 20.0 Å². The van der Waals surface area contributed by atoms with Gasteiger partial charge in [-0.05, 0) is 56.3 Å². The summed E-state index contributed by atoms with van der Waals surface area (Å²) in [6.45, 7) is 5.47. The van der Waals surface area contributed by atoms with E-state index < -0.39 is 0 Å². The Kier molecular flexibility index (Phi) is 6.25. The number of carbonyl (C=O) groups is 1. The molecule has 5 heterocycles. The van der Waals surface area contributed by atoms with Gasteiger partial charge in [0.05, 0.1) is 23.6 Å². The Morgan fingerprint density at radius 2 is 1.68 bits per heavy atom. The Morgan fingerprint density at radius 3 is 2.38 bits per heavy atom. The van der Waals surface area contributed by atoms with Crippen LogP contribution in [0.3, 0.4) is 0 Å². The van der Waals surface area contributed by atoms with Crippen molar-refractivity contribution in [2.24, 2.45) is 13.0 Å². The molecule has 4 aromatic rings. The minimum Gasteiger partial charge on any atom is -0.371 e. The van der Waals surface area contributed by atoms with Crippen LogP contribution < -0.4 is 10.2 Å². The van der Waals surface area contributed by atoms with Gasteiger partial charge in [-0.1, -0.05) is 0 Å². The molecule has 0 unspecified atom stereocenters. The van der Waals surface area contributed by atoms with Crippen LogP contribution in [0.15, 0.2) is 55.0 Å². The van der Waals surface area contributed by atoms with E-state index in [0.717, 1.165) is 74.6 Å². The second kappa shape index (κ2) is 9.85. The molecular formula is C27H33N9O. The van der Waals surface area contributed by atoms with Gasteiger partial charge in [-0.15, -0.1) is 5.10 Å². The maximum Gasteiger partial charge on any atom is 0.245 e. The molecule has 1 amide bonds. The Morgan fingerprint density at radius 1 is 0.919 bits per heavy atom. The fraction of sp³-hybridized carbons (Fsp3) is 0.407. The number of piperazine rings is 1. The summed E-state index contributed by atoms with van der Waals surface area (Å²) in [7, 11) is 4.02. The number of amides is 1. The summed E-state index contributed by atoms with van der Waals surface area (Å²) >= 11 is 0. The van der Waals surface area contributed by atoms with Gasteiger partial charge in [0.25, 0.3) is 0 Å². The van der Waals surface area contributed by atoms with Crippen molar-refractivity contribution in [1.82, 2.24) is 34.2 Å². The summed E-state index contributed by atoms with van der Waals surface area (Å²) in [5.74, 6) is 1.03. The summed E-state index contributed by atoms with van der Waals surface area (Å²) < 4.78 is 3.67. The highest BCUT2D eigenvalue weighted by Gasteiger charge is 2.30. The average Bonchev–Trinajstić information content (AvgIpc) is 3.55. The number of fused-ring (bicyclic) bond motifs is 1. The van der Waals surface area contributed by atoms with E-state index in [-0.39, 0.29) is 5.92 Å². The average molecular weight is 500 g/mol. The lowest BCUT2D eigenvalue weighted by atomic mass is 9.94. The minimum atomic E-state index is 0.151. The van der Waals surface area contributed by atoms with Gasteiger partial charge in [-0.2, -0.15) is 5.10 Å². The second-order valence-corrected chi connectivity index (χ2v) is 10.1. The smallest absolute Gasteiger partial charge is 0.245 e. The molecular weight excluding hydrogens is 466 g/mol. The number of likely N-dealkylation sites (N-methyl/N-ethyl adjacent to an activating group) is 1. The lowest BCUT2D eigenvalue weighted by Crippen LogP contribution is -2.50. The molecule has 3 aromatic heterocycles. The maximum absolute atomic E-state index is 13.0. The van der Waals surface area contributed by atoms with Crippen molar-refractivity contribution in [2.75, 3.05) is 56.5 Å². The van der Waals surface area contributed by atoms with Crippen LogP contribution >= 0.6 is 0 Å². The van der Waals surface area contributed by atoms with Crippen molar-refractivity contribution in [3.63, 3.8) is 0 Å². The minimum absolute atomic E-state index is 0.151. The molecule has 37 heavy (non-hydrogen) atoms. The Hall–Kier alpha value is -3.92. The Bertz CT molecular complexity index is 1380. The lowest BCUT2D eigenvalue weighted by Gasteiger charge is -2.38. The Labute approximate surface area is 216 Å². The van der Waals surface area contributed by atoms with Crippen LogP contribution in [0.25, 0.3) is 16.8 Å². The number of nitrogens with one attached hydrogen (secondary N) is 1. The third kappa shape index (κ3) is 4.89. The van der Waals surface area contributed by atoms with Crippen LogP contribution in [0.2, 0.25) is 0 Å². The normalized spacial score (nSPS) is 17.5. The van der Waals surface area contributed by atoms with Gasteiger partial charge in [0.15, 0.2) is 0 Å². The monoisotopic (exact) mass is 499 g/mol. The number of aromatic nitrogens is 5. The van der Waals surface area contributed by atoms with E-state index in [4.69, 9.17) is 5.10 Å². The largest absolute Gasteiger partial charge is 0.371 e. The molecule has 10 heteroatoms. The van der Waals surface area contributed by atoms with E-state index >= 15 is 0 Å². The van der Waals surface area contributed by atoms with E-state index in [0.29, 0.717) is 11.9 Å². The van der Waals surface area contributed by atoms with Crippen LogP contribution in [0.5, 0.6) is 0 Å². The van der Waals surface area contributed by atoms with Gasteiger partial charge >= 0.3 is 0 Å². The van der Waals surface area contributed by atoms with Gasteiger partial charge in [0.1, 0.15) is 0 Å². The van der Waals surface area contributed by atoms with Crippen LogP contribution in [0, 0.1) is 5.92 Å². The molecule has 0 bridgehead atoms. The molecule has 2 saturated heterocycles. The molecule has 2 aliphatic rings. The number of anilines is 3. The molecule has 10 nitrogen and oxygen atoms in total. The van der Waals surface area contributed by atoms with Crippen molar-refractivity contribution in [3.8, 4) is 11.3 Å². The van der Waals surface area contributed by atoms with Crippen molar-refractivity contribution in [1.29, 1.82) is 0 Å². The summed E-state index contributed by atoms with van der Waals surface area (Å²) in [6.07, 6.45) is 7.45. The fourth-order valence-corrected chi connectivity index (χ4v) is 5.29. The van der Waals surface area contributed by atoms with Crippen molar-refractivity contribution < 1.29 is 4.79 Å². The zero-order valence-electron chi connectivity index (χ0n) is 21.4. The molecule has 0 saturated carbocycles. The number of hydrogen-bond donors (Lipinski definition) is 1. The summed E-state index contributed by atoms with van der Waals surface area (Å²) in [6, 6.07) is 12.4. The van der Waals surface area contributed by atoms with Gasteiger partial charge in [0.2, 0.25) is 11.9 Å². The van der Waals surface area contributed by atoms with Crippen LogP contribution in [-0.2, 0) is 11.8 Å². The molecule has 0 atom stereocenters. The second-order valence-electron chi connectivity index (χ2n) is 10.1. The van der Waals surface area contributed by atoms with Crippen molar-refractivity contribution in [3.05, 3.63) is 55.0 Å². The number of carbonyl (C=O) groups excluding carboxylic acids is 1. The third-order valence-electron chi connectivity index (χ3n) is 7.55. The van der Waals surface area contributed by atoms with Crippen LogP contribution in [0.4, 0.5) is 17.3 Å². The number of aryl methyl sites for hydroxylation is 1. The van der Waals surface area contributed by atoms with E-state index in [1.807, 2.05) is 42.3 Å². The molecule has 192 valence electrons. The summed E-state index contributed by atoms with van der Waals surface area (Å²) in [5, 5.41) is 12.3. The van der Waals surface area contributed by atoms with Gasteiger partial charge in [0, 0.05) is 75.4 Å². The van der Waals surface area contributed by atoms with Gasteiger partial charge in [-0.25, -0.2) is 9.50 Å².